The number of para-hydroxylation sites is 1. The summed E-state index contributed by atoms with van der Waals surface area (Å²) in [7, 11) is 3.09. The third-order valence-corrected chi connectivity index (χ3v) is 4.90. The van der Waals surface area contributed by atoms with Crippen molar-refractivity contribution in [2.45, 2.75) is 0 Å². The monoisotopic (exact) mass is 375 g/mol. The third-order valence-electron chi connectivity index (χ3n) is 3.60. The van der Waals surface area contributed by atoms with Crippen LogP contribution < -0.4 is 14.4 Å². The van der Waals surface area contributed by atoms with Crippen LogP contribution in [0, 0.1) is 5.82 Å². The number of hydrogen-bond acceptors (Lipinski definition) is 5. The summed E-state index contributed by atoms with van der Waals surface area (Å²) in [5.74, 6) is 0.486. The Morgan fingerprint density at radius 3 is 2.48 bits per heavy atom. The Labute approximate surface area is 154 Å². The minimum atomic E-state index is -0.370. The zero-order valence-corrected chi connectivity index (χ0v) is 15.1. The van der Waals surface area contributed by atoms with E-state index in [1.54, 1.807) is 26.4 Å². The summed E-state index contributed by atoms with van der Waals surface area (Å²) in [5.41, 5.74) is 1.24. The van der Waals surface area contributed by atoms with E-state index in [1.807, 2.05) is 12.1 Å². The molecule has 0 atom stereocenters. The smallest absolute Gasteiger partial charge is 0.270 e. The van der Waals surface area contributed by atoms with Crippen LogP contribution in [0.4, 0.5) is 10.1 Å². The van der Waals surface area contributed by atoms with Crippen LogP contribution in [0.3, 0.4) is 0 Å². The van der Waals surface area contributed by atoms with Gasteiger partial charge in [0.1, 0.15) is 5.82 Å². The van der Waals surface area contributed by atoms with Crippen LogP contribution in [0.2, 0.25) is 0 Å². The zero-order valence-electron chi connectivity index (χ0n) is 13.5. The highest BCUT2D eigenvalue weighted by Crippen LogP contribution is 2.39. The maximum atomic E-state index is 13.1. The molecule has 1 saturated heterocycles. The summed E-state index contributed by atoms with van der Waals surface area (Å²) in [6, 6.07) is 11.1. The van der Waals surface area contributed by atoms with E-state index in [1.165, 1.54) is 40.9 Å². The first-order chi connectivity index (χ1) is 12.0. The van der Waals surface area contributed by atoms with E-state index in [9.17, 15) is 9.18 Å². The number of carbonyl (C=O) groups excluding carboxylic acids is 1. The Balaban J connectivity index is 1.97. The second-order valence-electron chi connectivity index (χ2n) is 5.08. The average Bonchev–Trinajstić information content (AvgIpc) is 2.89. The molecule has 2 aromatic carbocycles. The molecule has 25 heavy (non-hydrogen) atoms. The van der Waals surface area contributed by atoms with Crippen LogP contribution in [0.25, 0.3) is 6.08 Å². The van der Waals surface area contributed by atoms with E-state index in [4.69, 9.17) is 21.7 Å². The highest BCUT2D eigenvalue weighted by Gasteiger charge is 2.33. The highest BCUT2D eigenvalue weighted by molar-refractivity contribution is 8.27. The third kappa shape index (κ3) is 3.38. The highest BCUT2D eigenvalue weighted by atomic mass is 32.2. The number of carbonyl (C=O) groups is 1. The van der Waals surface area contributed by atoms with Gasteiger partial charge in [-0.15, -0.1) is 0 Å². The normalized spacial score (nSPS) is 15.8. The van der Waals surface area contributed by atoms with Crippen molar-refractivity contribution in [1.29, 1.82) is 0 Å². The van der Waals surface area contributed by atoms with E-state index >= 15 is 0 Å². The van der Waals surface area contributed by atoms with Crippen LogP contribution in [0.15, 0.2) is 47.4 Å². The maximum absolute atomic E-state index is 13.1. The molecule has 1 fully saturated rings. The second-order valence-corrected chi connectivity index (χ2v) is 6.75. The molecule has 0 unspecified atom stereocenters. The molecule has 0 aliphatic carbocycles. The molecular formula is C18H14FNO3S2. The van der Waals surface area contributed by atoms with Gasteiger partial charge in [0.05, 0.1) is 24.8 Å². The topological polar surface area (TPSA) is 38.8 Å². The number of thioether (sulfide) groups is 1. The molecule has 2 aromatic rings. The van der Waals surface area contributed by atoms with Gasteiger partial charge in [-0.3, -0.25) is 9.69 Å². The fraction of sp³-hybridized carbons (Fsp3) is 0.111. The van der Waals surface area contributed by atoms with Gasteiger partial charge in [0.15, 0.2) is 15.8 Å². The van der Waals surface area contributed by atoms with Crippen molar-refractivity contribution in [2.24, 2.45) is 0 Å². The Morgan fingerprint density at radius 2 is 1.84 bits per heavy atom. The van der Waals surface area contributed by atoms with Crippen LogP contribution in [-0.2, 0) is 4.79 Å². The number of ether oxygens (including phenoxy) is 2. The van der Waals surface area contributed by atoms with Gasteiger partial charge in [-0.1, -0.05) is 36.1 Å². The summed E-state index contributed by atoms with van der Waals surface area (Å²) >= 11 is 6.50. The molecule has 1 amide bonds. The molecule has 3 rings (SSSR count). The average molecular weight is 375 g/mol. The summed E-state index contributed by atoms with van der Waals surface area (Å²) in [6.45, 7) is 0. The molecule has 0 saturated carbocycles. The standard InChI is InChI=1S/C18H14FNO3S2/c1-22-14-5-3-4-11(16(14)23-2)10-15-17(21)20(18(24)25-15)13-8-6-12(19)7-9-13/h3-10H,1-2H3/b15-10-. The lowest BCUT2D eigenvalue weighted by Crippen LogP contribution is -2.27. The first-order valence-electron chi connectivity index (χ1n) is 7.29. The predicted molar refractivity (Wildman–Crippen MR) is 102 cm³/mol. The van der Waals surface area contributed by atoms with Crippen molar-refractivity contribution in [1.82, 2.24) is 0 Å². The number of hydrogen-bond donors (Lipinski definition) is 0. The first kappa shape index (κ1) is 17.4. The van der Waals surface area contributed by atoms with E-state index < -0.39 is 0 Å². The molecule has 0 N–H and O–H groups in total. The Morgan fingerprint density at radius 1 is 1.12 bits per heavy atom. The molecule has 0 radical (unpaired) electrons. The number of benzene rings is 2. The number of anilines is 1. The SMILES string of the molecule is COc1cccc(/C=C2\SC(=S)N(c3ccc(F)cc3)C2=O)c1OC. The van der Waals surface area contributed by atoms with Crippen LogP contribution in [0.1, 0.15) is 5.56 Å². The number of nitrogens with zero attached hydrogens (tertiary/aromatic N) is 1. The van der Waals surface area contributed by atoms with Crippen molar-refractivity contribution >= 4 is 46.0 Å². The van der Waals surface area contributed by atoms with E-state index in [-0.39, 0.29) is 11.7 Å². The number of methoxy groups -OCH3 is 2. The van der Waals surface area contributed by atoms with Gasteiger partial charge in [-0.05, 0) is 36.4 Å². The lowest BCUT2D eigenvalue weighted by atomic mass is 10.1. The fourth-order valence-corrected chi connectivity index (χ4v) is 3.74. The van der Waals surface area contributed by atoms with Crippen molar-refractivity contribution < 1.29 is 18.7 Å². The quantitative estimate of drug-likeness (QED) is 0.590. The van der Waals surface area contributed by atoms with Gasteiger partial charge in [-0.25, -0.2) is 4.39 Å². The van der Waals surface area contributed by atoms with Crippen LogP contribution >= 0.6 is 24.0 Å². The van der Waals surface area contributed by atoms with Gasteiger partial charge in [-0.2, -0.15) is 0 Å². The van der Waals surface area contributed by atoms with Gasteiger partial charge in [0.2, 0.25) is 0 Å². The largest absolute Gasteiger partial charge is 0.493 e. The number of thiocarbonyl (C=S) groups is 1. The molecule has 0 bridgehead atoms. The van der Waals surface area contributed by atoms with E-state index in [2.05, 4.69) is 0 Å². The molecular weight excluding hydrogens is 361 g/mol. The van der Waals surface area contributed by atoms with Crippen molar-refractivity contribution in [3.63, 3.8) is 0 Å². The van der Waals surface area contributed by atoms with Gasteiger partial charge in [0, 0.05) is 5.56 Å². The molecule has 0 spiro atoms. The predicted octanol–water partition coefficient (Wildman–Crippen LogP) is 4.25. The van der Waals surface area contributed by atoms with Gasteiger partial charge in [0.25, 0.3) is 5.91 Å². The van der Waals surface area contributed by atoms with Crippen molar-refractivity contribution in [3.8, 4) is 11.5 Å². The summed E-state index contributed by atoms with van der Waals surface area (Å²) in [5, 5.41) is 0. The van der Waals surface area contributed by atoms with E-state index in [0.717, 1.165) is 0 Å². The molecule has 1 aliphatic heterocycles. The molecule has 128 valence electrons. The summed E-state index contributed by atoms with van der Waals surface area (Å²) < 4.78 is 24.2. The Kier molecular flexibility index (Phi) is 5.06. The zero-order chi connectivity index (χ0) is 18.0. The molecule has 7 heteroatoms. The summed E-state index contributed by atoms with van der Waals surface area (Å²) in [4.78, 5) is 14.6. The molecule has 1 aliphatic rings. The minimum absolute atomic E-state index is 0.258. The van der Waals surface area contributed by atoms with Crippen LogP contribution in [-0.4, -0.2) is 24.4 Å². The summed E-state index contributed by atoms with van der Waals surface area (Å²) in [6.07, 6.45) is 1.71. The number of halogens is 1. The molecule has 0 aromatic heterocycles. The Bertz CT molecular complexity index is 865. The number of rotatable bonds is 4. The minimum Gasteiger partial charge on any atom is -0.493 e. The van der Waals surface area contributed by atoms with E-state index in [0.29, 0.717) is 32.0 Å². The molecule has 1 heterocycles. The van der Waals surface area contributed by atoms with Gasteiger partial charge >= 0.3 is 0 Å². The van der Waals surface area contributed by atoms with Crippen LogP contribution in [0.5, 0.6) is 11.5 Å². The molecule has 4 nitrogen and oxygen atoms in total. The maximum Gasteiger partial charge on any atom is 0.270 e. The lowest BCUT2D eigenvalue weighted by Gasteiger charge is -2.14. The Hall–Kier alpha value is -2.38. The lowest BCUT2D eigenvalue weighted by molar-refractivity contribution is -0.113. The second kappa shape index (κ2) is 7.25. The first-order valence-corrected chi connectivity index (χ1v) is 8.52. The van der Waals surface area contributed by atoms with Gasteiger partial charge < -0.3 is 9.47 Å². The van der Waals surface area contributed by atoms with Crippen molar-refractivity contribution in [2.75, 3.05) is 19.1 Å². The fourth-order valence-electron chi connectivity index (χ4n) is 2.45. The van der Waals surface area contributed by atoms with Crippen molar-refractivity contribution in [3.05, 3.63) is 58.8 Å². The number of amides is 1.